The quantitative estimate of drug-likeness (QED) is 0.586. The van der Waals surface area contributed by atoms with Gasteiger partial charge in [-0.15, -0.1) is 12.4 Å². The summed E-state index contributed by atoms with van der Waals surface area (Å²) in [6.07, 6.45) is 5.63. The Kier molecular flexibility index (Phi) is 6.74. The molecule has 0 aliphatic carbocycles. The third kappa shape index (κ3) is 4.22. The Bertz CT molecular complexity index is 840. The van der Waals surface area contributed by atoms with Crippen LogP contribution in [-0.2, 0) is 0 Å². The summed E-state index contributed by atoms with van der Waals surface area (Å²) >= 11 is 0. The standard InChI is InChI=1S/C18H17F3N4.ClH/c1-2-3-17(25-7-6-22-11-25)16-9-13(10-23-24-16)12-4-5-15(19)14(8-12)18(20)21;/h4-11,17-18H,2-3H2,1H3;1H. The van der Waals surface area contributed by atoms with Crippen LogP contribution >= 0.6 is 12.4 Å². The Hall–Kier alpha value is -2.41. The van der Waals surface area contributed by atoms with Gasteiger partial charge in [-0.05, 0) is 30.2 Å². The Morgan fingerprint density at radius 3 is 2.62 bits per heavy atom. The van der Waals surface area contributed by atoms with E-state index < -0.39 is 17.8 Å². The molecule has 0 N–H and O–H groups in total. The Balaban J connectivity index is 0.00000243. The molecule has 1 aromatic carbocycles. The van der Waals surface area contributed by atoms with Crippen molar-refractivity contribution in [3.63, 3.8) is 0 Å². The van der Waals surface area contributed by atoms with Crippen molar-refractivity contribution in [2.45, 2.75) is 32.2 Å². The van der Waals surface area contributed by atoms with Gasteiger partial charge in [0.15, 0.2) is 0 Å². The number of rotatable bonds is 6. The second kappa shape index (κ2) is 8.80. The number of hydrogen-bond acceptors (Lipinski definition) is 3. The highest BCUT2D eigenvalue weighted by Gasteiger charge is 2.17. The van der Waals surface area contributed by atoms with Crippen LogP contribution in [0.15, 0.2) is 49.2 Å². The maximum Gasteiger partial charge on any atom is 0.266 e. The van der Waals surface area contributed by atoms with Crippen molar-refractivity contribution in [3.05, 3.63) is 66.3 Å². The van der Waals surface area contributed by atoms with Crippen molar-refractivity contribution < 1.29 is 13.2 Å². The minimum absolute atomic E-state index is 0. The molecular formula is C18H18ClF3N4. The monoisotopic (exact) mass is 382 g/mol. The van der Waals surface area contributed by atoms with E-state index in [0.717, 1.165) is 25.0 Å². The van der Waals surface area contributed by atoms with Gasteiger partial charge in [-0.1, -0.05) is 19.4 Å². The van der Waals surface area contributed by atoms with Crippen LogP contribution in [0.2, 0.25) is 0 Å². The van der Waals surface area contributed by atoms with Crippen LogP contribution in [0.4, 0.5) is 13.2 Å². The zero-order chi connectivity index (χ0) is 17.8. The topological polar surface area (TPSA) is 43.6 Å². The summed E-state index contributed by atoms with van der Waals surface area (Å²) in [5.41, 5.74) is 1.19. The summed E-state index contributed by atoms with van der Waals surface area (Å²) in [5.74, 6) is -0.914. The molecule has 1 unspecified atom stereocenters. The number of halogens is 4. The van der Waals surface area contributed by atoms with Gasteiger partial charge in [-0.25, -0.2) is 18.2 Å². The van der Waals surface area contributed by atoms with Crippen LogP contribution in [0.1, 0.15) is 43.5 Å². The van der Waals surface area contributed by atoms with E-state index in [4.69, 9.17) is 0 Å². The van der Waals surface area contributed by atoms with Gasteiger partial charge in [0.25, 0.3) is 6.43 Å². The number of alkyl halides is 2. The fourth-order valence-corrected chi connectivity index (χ4v) is 2.77. The Labute approximate surface area is 155 Å². The first kappa shape index (κ1) is 19.9. The number of imidazole rings is 1. The Morgan fingerprint density at radius 2 is 1.96 bits per heavy atom. The first-order valence-corrected chi connectivity index (χ1v) is 7.98. The summed E-state index contributed by atoms with van der Waals surface area (Å²) in [7, 11) is 0. The molecule has 0 radical (unpaired) electrons. The molecule has 0 amide bonds. The highest BCUT2D eigenvalue weighted by atomic mass is 35.5. The lowest BCUT2D eigenvalue weighted by molar-refractivity contribution is 0.146. The molecule has 26 heavy (non-hydrogen) atoms. The van der Waals surface area contributed by atoms with Gasteiger partial charge in [-0.2, -0.15) is 10.2 Å². The molecule has 0 saturated heterocycles. The predicted molar refractivity (Wildman–Crippen MR) is 94.9 cm³/mol. The summed E-state index contributed by atoms with van der Waals surface area (Å²) in [5, 5.41) is 8.20. The summed E-state index contributed by atoms with van der Waals surface area (Å²) in [4.78, 5) is 4.06. The maximum absolute atomic E-state index is 13.5. The van der Waals surface area contributed by atoms with Gasteiger partial charge in [0, 0.05) is 18.0 Å². The molecular weight excluding hydrogens is 365 g/mol. The molecule has 1 atom stereocenters. The number of aromatic nitrogens is 4. The molecule has 8 heteroatoms. The normalized spacial score (nSPS) is 12.0. The SMILES string of the molecule is CCCC(c1cc(-c2ccc(F)c(C(F)F)c2)cnn1)n1ccnc1.Cl. The third-order valence-corrected chi connectivity index (χ3v) is 4.03. The fraction of sp³-hybridized carbons (Fsp3) is 0.278. The molecule has 0 aliphatic rings. The molecule has 4 nitrogen and oxygen atoms in total. The molecule has 0 bridgehead atoms. The molecule has 138 valence electrons. The van der Waals surface area contributed by atoms with E-state index in [2.05, 4.69) is 22.1 Å². The van der Waals surface area contributed by atoms with Crippen LogP contribution < -0.4 is 0 Å². The van der Waals surface area contributed by atoms with Gasteiger partial charge in [0.2, 0.25) is 0 Å². The van der Waals surface area contributed by atoms with Gasteiger partial charge < -0.3 is 4.57 Å². The molecule has 2 heterocycles. The van der Waals surface area contributed by atoms with Gasteiger partial charge in [-0.3, -0.25) is 0 Å². The van der Waals surface area contributed by atoms with Crippen molar-refractivity contribution in [2.24, 2.45) is 0 Å². The summed E-state index contributed by atoms with van der Waals surface area (Å²) < 4.78 is 41.3. The van der Waals surface area contributed by atoms with Crippen molar-refractivity contribution in [1.29, 1.82) is 0 Å². The summed E-state index contributed by atoms with van der Waals surface area (Å²) in [6, 6.07) is 5.43. The van der Waals surface area contributed by atoms with Crippen molar-refractivity contribution in [1.82, 2.24) is 19.7 Å². The second-order valence-corrected chi connectivity index (χ2v) is 5.72. The molecule has 0 saturated carbocycles. The average molecular weight is 383 g/mol. The molecule has 0 fully saturated rings. The van der Waals surface area contributed by atoms with Crippen molar-refractivity contribution >= 4 is 12.4 Å². The smallest absolute Gasteiger partial charge is 0.266 e. The van der Waals surface area contributed by atoms with E-state index in [1.54, 1.807) is 18.6 Å². The van der Waals surface area contributed by atoms with E-state index >= 15 is 0 Å². The zero-order valence-corrected chi connectivity index (χ0v) is 14.8. The lowest BCUT2D eigenvalue weighted by Crippen LogP contribution is -2.11. The number of benzene rings is 1. The van der Waals surface area contributed by atoms with E-state index in [1.807, 2.05) is 10.8 Å². The van der Waals surface area contributed by atoms with E-state index in [1.165, 1.54) is 12.3 Å². The number of nitrogens with zero attached hydrogens (tertiary/aromatic N) is 4. The molecule has 0 spiro atoms. The lowest BCUT2D eigenvalue weighted by Gasteiger charge is -2.17. The van der Waals surface area contributed by atoms with Crippen LogP contribution in [-0.4, -0.2) is 19.7 Å². The molecule has 3 rings (SSSR count). The lowest BCUT2D eigenvalue weighted by atomic mass is 10.0. The van der Waals surface area contributed by atoms with Gasteiger partial charge >= 0.3 is 0 Å². The highest BCUT2D eigenvalue weighted by molar-refractivity contribution is 5.85. The number of hydrogen-bond donors (Lipinski definition) is 0. The first-order valence-electron chi connectivity index (χ1n) is 7.98. The fourth-order valence-electron chi connectivity index (χ4n) is 2.77. The maximum atomic E-state index is 13.5. The van der Waals surface area contributed by atoms with Gasteiger partial charge in [0.1, 0.15) is 5.82 Å². The van der Waals surface area contributed by atoms with Crippen molar-refractivity contribution in [2.75, 3.05) is 0 Å². The van der Waals surface area contributed by atoms with E-state index in [9.17, 15) is 13.2 Å². The van der Waals surface area contributed by atoms with E-state index in [0.29, 0.717) is 16.8 Å². The first-order chi connectivity index (χ1) is 12.1. The Morgan fingerprint density at radius 1 is 1.15 bits per heavy atom. The minimum atomic E-state index is -2.87. The van der Waals surface area contributed by atoms with Gasteiger partial charge in [0.05, 0.1) is 29.8 Å². The van der Waals surface area contributed by atoms with Crippen LogP contribution in [0.25, 0.3) is 11.1 Å². The van der Waals surface area contributed by atoms with Crippen molar-refractivity contribution in [3.8, 4) is 11.1 Å². The third-order valence-electron chi connectivity index (χ3n) is 4.03. The summed E-state index contributed by atoms with van der Waals surface area (Å²) in [6.45, 7) is 2.07. The van der Waals surface area contributed by atoms with E-state index in [-0.39, 0.29) is 18.4 Å². The second-order valence-electron chi connectivity index (χ2n) is 5.72. The van der Waals surface area contributed by atoms with Crippen LogP contribution in [0, 0.1) is 5.82 Å². The molecule has 2 aromatic heterocycles. The van der Waals surface area contributed by atoms with Crippen LogP contribution in [0.5, 0.6) is 0 Å². The minimum Gasteiger partial charge on any atom is -0.328 e. The largest absolute Gasteiger partial charge is 0.328 e. The highest BCUT2D eigenvalue weighted by Crippen LogP contribution is 2.29. The molecule has 0 aliphatic heterocycles. The predicted octanol–water partition coefficient (Wildman–Crippen LogP) is 5.23. The zero-order valence-electron chi connectivity index (χ0n) is 14.0. The van der Waals surface area contributed by atoms with Crippen LogP contribution in [0.3, 0.4) is 0 Å². The average Bonchev–Trinajstić information content (AvgIpc) is 3.14. The molecule has 3 aromatic rings.